The highest BCUT2D eigenvalue weighted by molar-refractivity contribution is 6.35. The van der Waals surface area contributed by atoms with E-state index in [1.54, 1.807) is 0 Å². The summed E-state index contributed by atoms with van der Waals surface area (Å²) in [6, 6.07) is 4.21. The van der Waals surface area contributed by atoms with Crippen molar-refractivity contribution in [3.8, 4) is 5.75 Å². The maximum atomic E-state index is 10.8. The Morgan fingerprint density at radius 2 is 1.94 bits per heavy atom. The Morgan fingerprint density at radius 3 is 2.41 bits per heavy atom. The minimum absolute atomic E-state index is 0.0738. The molecule has 0 spiro atoms. The molecule has 1 aromatic carbocycles. The van der Waals surface area contributed by atoms with Gasteiger partial charge in [-0.25, -0.2) is 4.79 Å². The number of carboxylic acids is 2. The topological polar surface area (TPSA) is 83.8 Å². The van der Waals surface area contributed by atoms with E-state index < -0.39 is 24.5 Å². The van der Waals surface area contributed by atoms with Gasteiger partial charge in [0.05, 0.1) is 11.4 Å². The largest absolute Gasteiger partial charge is 0.481 e. The van der Waals surface area contributed by atoms with Crippen molar-refractivity contribution in [2.75, 3.05) is 0 Å². The highest BCUT2D eigenvalue weighted by Crippen LogP contribution is 2.28. The second kappa shape index (κ2) is 5.75. The SMILES string of the molecule is O=C(O)C[C@@H](Oc1ccc(Cl)cc1Cl)C(=O)O. The maximum absolute atomic E-state index is 10.8. The van der Waals surface area contributed by atoms with Gasteiger partial charge in [-0.05, 0) is 18.2 Å². The van der Waals surface area contributed by atoms with E-state index in [0.29, 0.717) is 5.02 Å². The van der Waals surface area contributed by atoms with Gasteiger partial charge >= 0.3 is 11.9 Å². The minimum Gasteiger partial charge on any atom is -0.481 e. The lowest BCUT2D eigenvalue weighted by molar-refractivity contribution is -0.151. The summed E-state index contributed by atoms with van der Waals surface area (Å²) < 4.78 is 5.00. The molecule has 0 fully saturated rings. The summed E-state index contributed by atoms with van der Waals surface area (Å²) in [4.78, 5) is 21.2. The van der Waals surface area contributed by atoms with Gasteiger partial charge in [0.15, 0.2) is 0 Å². The van der Waals surface area contributed by atoms with Crippen molar-refractivity contribution >= 4 is 35.1 Å². The van der Waals surface area contributed by atoms with E-state index in [-0.39, 0.29) is 10.8 Å². The standard InChI is InChI=1S/C10H8Cl2O5/c11-5-1-2-7(6(12)3-5)17-8(10(15)16)4-9(13)14/h1-3,8H,4H2,(H,13,14)(H,15,16)/t8-/m1/s1. The molecule has 92 valence electrons. The van der Waals surface area contributed by atoms with Gasteiger partial charge in [0, 0.05) is 5.02 Å². The van der Waals surface area contributed by atoms with Crippen molar-refractivity contribution in [2.24, 2.45) is 0 Å². The van der Waals surface area contributed by atoms with Crippen LogP contribution in [0.15, 0.2) is 18.2 Å². The number of benzene rings is 1. The van der Waals surface area contributed by atoms with Crippen LogP contribution >= 0.6 is 23.2 Å². The fourth-order valence-electron chi connectivity index (χ4n) is 1.06. The van der Waals surface area contributed by atoms with Crippen molar-refractivity contribution in [2.45, 2.75) is 12.5 Å². The van der Waals surface area contributed by atoms with E-state index in [1.807, 2.05) is 0 Å². The molecule has 0 saturated carbocycles. The number of aliphatic carboxylic acids is 2. The van der Waals surface area contributed by atoms with Crippen LogP contribution in [0.4, 0.5) is 0 Å². The van der Waals surface area contributed by atoms with Gasteiger partial charge in [0.1, 0.15) is 5.75 Å². The average molecular weight is 279 g/mol. The highest BCUT2D eigenvalue weighted by Gasteiger charge is 2.23. The van der Waals surface area contributed by atoms with Crippen LogP contribution in [-0.4, -0.2) is 28.3 Å². The summed E-state index contributed by atoms with van der Waals surface area (Å²) in [5, 5.41) is 17.8. The van der Waals surface area contributed by atoms with E-state index in [4.69, 9.17) is 38.2 Å². The van der Waals surface area contributed by atoms with Gasteiger partial charge in [-0.15, -0.1) is 0 Å². The highest BCUT2D eigenvalue weighted by atomic mass is 35.5. The van der Waals surface area contributed by atoms with Crippen molar-refractivity contribution in [3.63, 3.8) is 0 Å². The molecule has 2 N–H and O–H groups in total. The van der Waals surface area contributed by atoms with E-state index in [2.05, 4.69) is 0 Å². The van der Waals surface area contributed by atoms with Crippen molar-refractivity contribution in [3.05, 3.63) is 28.2 Å². The first-order chi connectivity index (χ1) is 7.90. The number of hydrogen-bond acceptors (Lipinski definition) is 3. The van der Waals surface area contributed by atoms with E-state index in [0.717, 1.165) is 0 Å². The van der Waals surface area contributed by atoms with E-state index in [9.17, 15) is 9.59 Å². The lowest BCUT2D eigenvalue weighted by Crippen LogP contribution is -2.29. The molecule has 1 rings (SSSR count). The minimum atomic E-state index is -1.49. The zero-order valence-corrected chi connectivity index (χ0v) is 9.90. The molecule has 0 unspecified atom stereocenters. The van der Waals surface area contributed by atoms with E-state index in [1.165, 1.54) is 18.2 Å². The quantitative estimate of drug-likeness (QED) is 0.863. The monoisotopic (exact) mass is 278 g/mol. The molecule has 0 saturated heterocycles. The Morgan fingerprint density at radius 1 is 1.29 bits per heavy atom. The number of ether oxygens (including phenoxy) is 1. The maximum Gasteiger partial charge on any atom is 0.345 e. The van der Waals surface area contributed by atoms with Crippen molar-refractivity contribution in [1.82, 2.24) is 0 Å². The normalized spacial score (nSPS) is 11.9. The first-order valence-corrected chi connectivity index (χ1v) is 5.22. The molecule has 7 heteroatoms. The molecule has 0 aliphatic rings. The van der Waals surface area contributed by atoms with Crippen LogP contribution in [0, 0.1) is 0 Å². The Labute approximate surface area is 107 Å². The fraction of sp³-hybridized carbons (Fsp3) is 0.200. The lowest BCUT2D eigenvalue weighted by atomic mass is 10.2. The third kappa shape index (κ3) is 4.13. The molecule has 0 heterocycles. The number of halogens is 2. The van der Waals surface area contributed by atoms with Gasteiger partial charge in [-0.1, -0.05) is 23.2 Å². The predicted molar refractivity (Wildman–Crippen MR) is 60.8 cm³/mol. The molecule has 0 aliphatic heterocycles. The van der Waals surface area contributed by atoms with Crippen molar-refractivity contribution < 1.29 is 24.5 Å². The molecule has 5 nitrogen and oxygen atoms in total. The molecule has 1 atom stereocenters. The van der Waals surface area contributed by atoms with Crippen LogP contribution in [0.1, 0.15) is 6.42 Å². The first-order valence-electron chi connectivity index (χ1n) is 4.46. The van der Waals surface area contributed by atoms with Gasteiger partial charge in [-0.3, -0.25) is 4.79 Å². The number of carboxylic acid groups (broad SMARTS) is 2. The summed E-state index contributed by atoms with van der Waals surface area (Å²) in [5.41, 5.74) is 0. The Balaban J connectivity index is 2.86. The molecule has 1 aromatic rings. The molecular formula is C10H8Cl2O5. The van der Waals surface area contributed by atoms with Gasteiger partial charge in [0.25, 0.3) is 0 Å². The fourth-order valence-corrected chi connectivity index (χ4v) is 1.52. The molecule has 0 amide bonds. The average Bonchev–Trinajstić information content (AvgIpc) is 2.19. The summed E-state index contributed by atoms with van der Waals surface area (Å²) in [6.45, 7) is 0. The smallest absolute Gasteiger partial charge is 0.345 e. The van der Waals surface area contributed by atoms with Crippen LogP contribution in [0.25, 0.3) is 0 Å². The second-order valence-corrected chi connectivity index (χ2v) is 3.96. The molecule has 0 aromatic heterocycles. The summed E-state index contributed by atoms with van der Waals surface area (Å²) >= 11 is 11.4. The summed E-state index contributed by atoms with van der Waals surface area (Å²) in [6.07, 6.45) is -2.15. The van der Waals surface area contributed by atoms with Crippen LogP contribution in [0.5, 0.6) is 5.75 Å². The third-order valence-electron chi connectivity index (χ3n) is 1.80. The van der Waals surface area contributed by atoms with E-state index >= 15 is 0 Å². The lowest BCUT2D eigenvalue weighted by Gasteiger charge is -2.14. The Hall–Kier alpha value is -1.46. The Bertz CT molecular complexity index is 446. The molecule has 0 aliphatic carbocycles. The Kier molecular flexibility index (Phi) is 4.60. The van der Waals surface area contributed by atoms with Crippen molar-refractivity contribution in [1.29, 1.82) is 0 Å². The van der Waals surface area contributed by atoms with Gasteiger partial charge < -0.3 is 14.9 Å². The van der Waals surface area contributed by atoms with Gasteiger partial charge in [0.2, 0.25) is 6.10 Å². The summed E-state index contributed by atoms with van der Waals surface area (Å²) in [7, 11) is 0. The number of carbonyl (C=O) groups is 2. The van der Waals surface area contributed by atoms with Gasteiger partial charge in [-0.2, -0.15) is 0 Å². The molecular weight excluding hydrogens is 271 g/mol. The number of hydrogen-bond donors (Lipinski definition) is 2. The zero-order chi connectivity index (χ0) is 13.0. The first kappa shape index (κ1) is 13.6. The number of rotatable bonds is 5. The molecule has 0 radical (unpaired) electrons. The van der Waals surface area contributed by atoms with Crippen LogP contribution in [0.3, 0.4) is 0 Å². The zero-order valence-electron chi connectivity index (χ0n) is 8.39. The summed E-state index contributed by atoms with van der Waals surface area (Å²) in [5.74, 6) is -2.58. The predicted octanol–water partition coefficient (Wildman–Crippen LogP) is 2.30. The van der Waals surface area contributed by atoms with Crippen LogP contribution in [-0.2, 0) is 9.59 Å². The molecule has 0 bridgehead atoms. The third-order valence-corrected chi connectivity index (χ3v) is 2.33. The van der Waals surface area contributed by atoms with Crippen LogP contribution in [0.2, 0.25) is 10.0 Å². The van der Waals surface area contributed by atoms with Crippen LogP contribution < -0.4 is 4.74 Å². The molecule has 17 heavy (non-hydrogen) atoms. The second-order valence-electron chi connectivity index (χ2n) is 3.12.